The number of aliphatic imine (C=N–C) groups is 1. The van der Waals surface area contributed by atoms with E-state index in [1.165, 1.54) is 0 Å². The van der Waals surface area contributed by atoms with Crippen LogP contribution in [0.4, 0.5) is 0 Å². The van der Waals surface area contributed by atoms with Crippen molar-refractivity contribution in [2.75, 3.05) is 27.2 Å². The average molecular weight is 417 g/mol. The summed E-state index contributed by atoms with van der Waals surface area (Å²) in [5.41, 5.74) is 1.70. The molecule has 0 aromatic heterocycles. The number of hydrogen-bond acceptors (Lipinski definition) is 3. The third kappa shape index (κ3) is 7.66. The van der Waals surface area contributed by atoms with Crippen molar-refractivity contribution in [1.29, 1.82) is 0 Å². The van der Waals surface area contributed by atoms with Crippen molar-refractivity contribution in [3.8, 4) is 5.75 Å². The van der Waals surface area contributed by atoms with E-state index in [2.05, 4.69) is 15.6 Å². The van der Waals surface area contributed by atoms with Crippen LogP contribution in [0, 0.1) is 0 Å². The normalized spacial score (nSPS) is 12.2. The molecule has 29 heavy (non-hydrogen) atoms. The smallest absolute Gasteiger partial charge is 0.253 e. The first-order chi connectivity index (χ1) is 13.9. The molecule has 0 radical (unpaired) electrons. The fourth-order valence-electron chi connectivity index (χ4n) is 2.55. The van der Waals surface area contributed by atoms with Gasteiger partial charge in [-0.05, 0) is 55.8 Å². The van der Waals surface area contributed by atoms with Crippen molar-refractivity contribution in [1.82, 2.24) is 15.5 Å². The zero-order valence-corrected chi connectivity index (χ0v) is 18.2. The monoisotopic (exact) mass is 416 g/mol. The maximum atomic E-state index is 12.0. The molecule has 1 amide bonds. The molecule has 0 fully saturated rings. The van der Waals surface area contributed by atoms with E-state index in [1.807, 2.05) is 50.2 Å². The number of rotatable bonds is 8. The SMILES string of the molecule is CCNC(=NCc1ccc(C(=O)N(C)C)cc1)NCC(C)Oc1ccc(Cl)cc1. The first-order valence-electron chi connectivity index (χ1n) is 9.64. The van der Waals surface area contributed by atoms with E-state index in [-0.39, 0.29) is 12.0 Å². The minimum absolute atomic E-state index is 0.00951. The molecule has 0 bridgehead atoms. The molecule has 6 nitrogen and oxygen atoms in total. The summed E-state index contributed by atoms with van der Waals surface area (Å²) in [5.74, 6) is 1.48. The highest BCUT2D eigenvalue weighted by molar-refractivity contribution is 6.30. The molecule has 0 aliphatic heterocycles. The standard InChI is InChI=1S/C22H29ClN4O2/c1-5-24-22(25-14-16(2)29-20-12-10-19(23)11-13-20)26-15-17-6-8-18(9-7-17)21(28)27(3)4/h6-13,16H,5,14-15H2,1-4H3,(H2,24,25,26). The van der Waals surface area contributed by atoms with Gasteiger partial charge in [-0.1, -0.05) is 23.7 Å². The van der Waals surface area contributed by atoms with Crippen molar-refractivity contribution >= 4 is 23.5 Å². The largest absolute Gasteiger partial charge is 0.489 e. The second-order valence-corrected chi connectivity index (χ2v) is 7.29. The summed E-state index contributed by atoms with van der Waals surface area (Å²) in [6.45, 7) is 5.88. The zero-order valence-electron chi connectivity index (χ0n) is 17.4. The quantitative estimate of drug-likeness (QED) is 0.510. The first kappa shape index (κ1) is 22.6. The lowest BCUT2D eigenvalue weighted by atomic mass is 10.1. The predicted octanol–water partition coefficient (Wildman–Crippen LogP) is 3.56. The Labute approximate surface area is 177 Å². The van der Waals surface area contributed by atoms with Gasteiger partial charge >= 0.3 is 0 Å². The van der Waals surface area contributed by atoms with Crippen LogP contribution in [0.25, 0.3) is 0 Å². The number of nitrogens with one attached hydrogen (secondary N) is 2. The Balaban J connectivity index is 1.90. The van der Waals surface area contributed by atoms with E-state index in [1.54, 1.807) is 31.1 Å². The van der Waals surface area contributed by atoms with Crippen LogP contribution < -0.4 is 15.4 Å². The van der Waals surface area contributed by atoms with Crippen LogP contribution >= 0.6 is 11.6 Å². The van der Waals surface area contributed by atoms with Crippen LogP contribution in [-0.4, -0.2) is 50.1 Å². The molecule has 0 heterocycles. The number of hydrogen-bond donors (Lipinski definition) is 2. The number of amides is 1. The topological polar surface area (TPSA) is 66.0 Å². The van der Waals surface area contributed by atoms with Crippen molar-refractivity contribution in [3.63, 3.8) is 0 Å². The van der Waals surface area contributed by atoms with Crippen LogP contribution in [-0.2, 0) is 6.54 Å². The lowest BCUT2D eigenvalue weighted by Gasteiger charge is -2.17. The van der Waals surface area contributed by atoms with Gasteiger partial charge in [-0.2, -0.15) is 0 Å². The minimum Gasteiger partial charge on any atom is -0.489 e. The van der Waals surface area contributed by atoms with E-state index in [4.69, 9.17) is 16.3 Å². The summed E-state index contributed by atoms with van der Waals surface area (Å²) in [6, 6.07) is 14.8. The Hall–Kier alpha value is -2.73. The summed E-state index contributed by atoms with van der Waals surface area (Å²) in [4.78, 5) is 18.1. The van der Waals surface area contributed by atoms with Gasteiger partial charge in [0.1, 0.15) is 11.9 Å². The Kier molecular flexibility index (Phi) is 8.80. The zero-order chi connectivity index (χ0) is 21.2. The summed E-state index contributed by atoms with van der Waals surface area (Å²) < 4.78 is 5.88. The van der Waals surface area contributed by atoms with Crippen LogP contribution in [0.2, 0.25) is 5.02 Å². The molecule has 2 aromatic rings. The van der Waals surface area contributed by atoms with Crippen molar-refractivity contribution in [2.45, 2.75) is 26.5 Å². The van der Waals surface area contributed by atoms with Gasteiger partial charge in [0.25, 0.3) is 5.91 Å². The van der Waals surface area contributed by atoms with Gasteiger partial charge < -0.3 is 20.3 Å². The molecule has 0 aliphatic carbocycles. The molecule has 156 valence electrons. The highest BCUT2D eigenvalue weighted by Crippen LogP contribution is 2.16. The molecule has 2 rings (SSSR count). The van der Waals surface area contributed by atoms with E-state index in [9.17, 15) is 4.79 Å². The fourth-order valence-corrected chi connectivity index (χ4v) is 2.68. The number of guanidine groups is 1. The Morgan fingerprint density at radius 1 is 1.10 bits per heavy atom. The number of nitrogens with zero attached hydrogens (tertiary/aromatic N) is 2. The van der Waals surface area contributed by atoms with Gasteiger partial charge in [0.2, 0.25) is 0 Å². The Bertz CT molecular complexity index is 805. The lowest BCUT2D eigenvalue weighted by Crippen LogP contribution is -2.41. The van der Waals surface area contributed by atoms with Crippen LogP contribution in [0.15, 0.2) is 53.5 Å². The highest BCUT2D eigenvalue weighted by Gasteiger charge is 2.08. The third-order valence-electron chi connectivity index (χ3n) is 4.08. The van der Waals surface area contributed by atoms with Crippen molar-refractivity contribution in [2.24, 2.45) is 4.99 Å². The lowest BCUT2D eigenvalue weighted by molar-refractivity contribution is 0.0827. The second-order valence-electron chi connectivity index (χ2n) is 6.85. The summed E-state index contributed by atoms with van der Waals surface area (Å²) >= 11 is 5.90. The van der Waals surface area contributed by atoms with E-state index in [0.717, 1.165) is 17.9 Å². The number of benzene rings is 2. The second kappa shape index (κ2) is 11.3. The summed E-state index contributed by atoms with van der Waals surface area (Å²) in [5, 5.41) is 7.21. The molecule has 0 spiro atoms. The maximum absolute atomic E-state index is 12.0. The van der Waals surface area contributed by atoms with Gasteiger partial charge in [0.15, 0.2) is 5.96 Å². The van der Waals surface area contributed by atoms with Crippen LogP contribution in [0.3, 0.4) is 0 Å². The van der Waals surface area contributed by atoms with Gasteiger partial charge in [-0.15, -0.1) is 0 Å². The van der Waals surface area contributed by atoms with Crippen LogP contribution in [0.1, 0.15) is 29.8 Å². The Morgan fingerprint density at radius 2 is 1.76 bits per heavy atom. The molecule has 0 saturated carbocycles. The molecule has 2 N–H and O–H groups in total. The fraction of sp³-hybridized carbons (Fsp3) is 0.364. The van der Waals surface area contributed by atoms with Crippen molar-refractivity contribution in [3.05, 3.63) is 64.7 Å². The van der Waals surface area contributed by atoms with Crippen molar-refractivity contribution < 1.29 is 9.53 Å². The van der Waals surface area contributed by atoms with Gasteiger partial charge in [0, 0.05) is 31.2 Å². The molecule has 2 aromatic carbocycles. The number of halogens is 1. The predicted molar refractivity (Wildman–Crippen MR) is 119 cm³/mol. The van der Waals surface area contributed by atoms with Gasteiger partial charge in [-0.3, -0.25) is 4.79 Å². The molecule has 1 atom stereocenters. The Morgan fingerprint density at radius 3 is 2.34 bits per heavy atom. The van der Waals surface area contributed by atoms with E-state index in [0.29, 0.717) is 29.6 Å². The molecule has 0 aliphatic rings. The average Bonchev–Trinajstić information content (AvgIpc) is 2.71. The maximum Gasteiger partial charge on any atom is 0.253 e. The van der Waals surface area contributed by atoms with Gasteiger partial charge in [-0.25, -0.2) is 4.99 Å². The van der Waals surface area contributed by atoms with Crippen LogP contribution in [0.5, 0.6) is 5.75 Å². The number of ether oxygens (including phenoxy) is 1. The number of carbonyl (C=O) groups excluding carboxylic acids is 1. The minimum atomic E-state index is -0.0450. The number of carbonyl (C=O) groups is 1. The van der Waals surface area contributed by atoms with Gasteiger partial charge in [0.05, 0.1) is 13.1 Å². The molecular weight excluding hydrogens is 388 g/mol. The van der Waals surface area contributed by atoms with E-state index >= 15 is 0 Å². The third-order valence-corrected chi connectivity index (χ3v) is 4.33. The first-order valence-corrected chi connectivity index (χ1v) is 10.0. The molecule has 0 saturated heterocycles. The summed E-state index contributed by atoms with van der Waals surface area (Å²) in [6.07, 6.45) is -0.0450. The molecule has 7 heteroatoms. The molecule has 1 unspecified atom stereocenters. The van der Waals surface area contributed by atoms with E-state index < -0.39 is 0 Å². The highest BCUT2D eigenvalue weighted by atomic mass is 35.5. The molecular formula is C22H29ClN4O2. The summed E-state index contributed by atoms with van der Waals surface area (Å²) in [7, 11) is 3.49.